The van der Waals surface area contributed by atoms with Gasteiger partial charge >= 0.3 is 11.9 Å². The molecular weight excluding hydrogens is 1080 g/mol. The van der Waals surface area contributed by atoms with Crippen molar-refractivity contribution in [3.05, 3.63) is 83.0 Å². The summed E-state index contributed by atoms with van der Waals surface area (Å²) in [5.74, 6) is 6.47. The summed E-state index contributed by atoms with van der Waals surface area (Å²) >= 11 is 0. The van der Waals surface area contributed by atoms with Gasteiger partial charge in [0.1, 0.15) is 29.7 Å². The van der Waals surface area contributed by atoms with Crippen LogP contribution in [-0.4, -0.2) is 106 Å². The molecule has 14 fully saturated rings. The van der Waals surface area contributed by atoms with Crippen LogP contribution >= 0.6 is 0 Å². The number of epoxide rings is 1. The molecule has 11 aliphatic carbocycles. The molecule has 86 heavy (non-hydrogen) atoms. The quantitative estimate of drug-likeness (QED) is 0.0898. The molecule has 28 unspecified atom stereocenters. The Morgan fingerprint density at radius 1 is 0.884 bits per heavy atom. The van der Waals surface area contributed by atoms with Crippen molar-refractivity contribution >= 4 is 17.7 Å². The van der Waals surface area contributed by atoms with E-state index in [0.29, 0.717) is 68.1 Å². The van der Waals surface area contributed by atoms with E-state index in [-0.39, 0.29) is 77.7 Å². The molecule has 1 aromatic heterocycles. The minimum Gasteiger partial charge on any atom is -0.469 e. The smallest absolute Gasteiger partial charge is 0.339 e. The second-order valence-electron chi connectivity index (χ2n) is 32.8. The average molecular weight is 1170 g/mol. The number of carbonyl (C=O) groups excluding carboxylic acids is 3. The second kappa shape index (κ2) is 16.8. The van der Waals surface area contributed by atoms with Crippen molar-refractivity contribution in [3.8, 4) is 11.8 Å². The molecule has 7 aliphatic heterocycles. The first kappa shape index (κ1) is 52.5. The number of allylic oxidation sites excluding steroid dienone is 1. The lowest BCUT2D eigenvalue weighted by molar-refractivity contribution is -0.322. The summed E-state index contributed by atoms with van der Waals surface area (Å²) in [5.41, 5.74) is -4.92. The largest absolute Gasteiger partial charge is 0.469 e. The third kappa shape index (κ3) is 5.42. The second-order valence-corrected chi connectivity index (χ2v) is 32.8. The van der Waals surface area contributed by atoms with E-state index >= 15 is 14.4 Å². The molecule has 9 bridgehead atoms. The molecule has 0 amide bonds. The van der Waals surface area contributed by atoms with Gasteiger partial charge < -0.3 is 43.6 Å². The molecule has 18 aliphatic rings. The topological polar surface area (TPSA) is 181 Å². The summed E-state index contributed by atoms with van der Waals surface area (Å²) in [6.07, 6.45) is 22.6. The zero-order valence-electron chi connectivity index (χ0n) is 50.2. The van der Waals surface area contributed by atoms with Gasteiger partial charge in [0.05, 0.1) is 54.4 Å². The zero-order valence-corrected chi connectivity index (χ0v) is 50.2. The number of aliphatic hydroxyl groups excluding tert-OH is 3. The number of furan rings is 1. The van der Waals surface area contributed by atoms with Crippen LogP contribution in [0.15, 0.2) is 64.9 Å². The number of aliphatic hydroxyl groups is 3. The van der Waals surface area contributed by atoms with Crippen molar-refractivity contribution < 1.29 is 53.1 Å². The van der Waals surface area contributed by atoms with Crippen LogP contribution in [0.5, 0.6) is 0 Å². The summed E-state index contributed by atoms with van der Waals surface area (Å²) < 4.78 is 38.1. The summed E-state index contributed by atoms with van der Waals surface area (Å²) in [7, 11) is 0. The molecule has 1 aromatic carbocycles. The fourth-order valence-corrected chi connectivity index (χ4v) is 29.3. The number of ether oxygens (including phenoxy) is 4. The number of rotatable bonds is 7. The number of esters is 2. The van der Waals surface area contributed by atoms with Crippen molar-refractivity contribution in [1.29, 1.82) is 0 Å². The van der Waals surface area contributed by atoms with Crippen LogP contribution in [0.1, 0.15) is 145 Å². The molecule has 2 aromatic rings. The van der Waals surface area contributed by atoms with Gasteiger partial charge in [-0.1, -0.05) is 67.7 Å². The number of aryl methyl sites for hydroxylation is 1. The Hall–Kier alpha value is -4.29. The third-order valence-corrected chi connectivity index (χ3v) is 31.1. The van der Waals surface area contributed by atoms with E-state index in [1.165, 1.54) is 11.1 Å². The van der Waals surface area contributed by atoms with E-state index in [1.54, 1.807) is 0 Å². The van der Waals surface area contributed by atoms with Gasteiger partial charge in [-0.15, -0.1) is 0 Å². The van der Waals surface area contributed by atoms with Crippen molar-refractivity contribution in [2.45, 2.75) is 189 Å². The van der Waals surface area contributed by atoms with E-state index in [9.17, 15) is 15.3 Å². The number of carbonyl (C=O) groups is 3. The van der Waals surface area contributed by atoms with Crippen LogP contribution < -0.4 is 5.32 Å². The molecule has 7 spiro atoms. The molecule has 5 saturated heterocycles. The van der Waals surface area contributed by atoms with E-state index in [0.717, 1.165) is 114 Å². The number of hydrogen-bond acceptors (Lipinski definition) is 13. The average Bonchev–Trinajstić information content (AvgIpc) is 1.39. The maximum atomic E-state index is 17.4. The Kier molecular flexibility index (Phi) is 10.3. The molecule has 13 heteroatoms. The molecule has 454 valence electrons. The van der Waals surface area contributed by atoms with Gasteiger partial charge in [-0.3, -0.25) is 14.9 Å². The molecule has 4 N–H and O–H groups in total. The van der Waals surface area contributed by atoms with Gasteiger partial charge in [-0.2, -0.15) is 0 Å². The zero-order chi connectivity index (χ0) is 57.7. The predicted octanol–water partition coefficient (Wildman–Crippen LogP) is 8.54. The van der Waals surface area contributed by atoms with Gasteiger partial charge in [0.2, 0.25) is 0 Å². The van der Waals surface area contributed by atoms with Gasteiger partial charge in [0, 0.05) is 41.3 Å². The maximum absolute atomic E-state index is 17.4. The number of nitrogens with one attached hydrogen (secondary N) is 1. The van der Waals surface area contributed by atoms with Crippen LogP contribution in [-0.2, 0) is 58.2 Å². The fourth-order valence-electron chi connectivity index (χ4n) is 29.3. The fraction of sp³-hybridized carbons (Fsp3) is 0.740. The first-order chi connectivity index (χ1) is 41.7. The summed E-state index contributed by atoms with van der Waals surface area (Å²) in [5, 5.41) is 42.0. The van der Waals surface area contributed by atoms with Crippen LogP contribution in [0, 0.1) is 128 Å². The number of benzene rings is 1. The highest BCUT2D eigenvalue weighted by Gasteiger charge is 3.01. The minimum absolute atomic E-state index is 0.0240. The van der Waals surface area contributed by atoms with Crippen molar-refractivity contribution in [3.63, 3.8) is 0 Å². The SMILES string of the molecule is CC12CC=C3CC4CCC56CCCC5CCC5C7CC8(C)C9%10OC(=O)C%11OC%118C8(C(O)C(=O)C1C1(COC(=O)C(C31O2)C456)C78)C1CC(Cc2ccccc2)CCC1C#CC9CCc1coc(CC(C(O)CO)C2CCC3C(C=CN4CNCC34)C2)c1%10. The highest BCUT2D eigenvalue weighted by Crippen LogP contribution is 2.94. The number of nitrogens with zero attached hydrogens (tertiary/aromatic N) is 1. The summed E-state index contributed by atoms with van der Waals surface area (Å²) in [6, 6.07) is 11.2. The van der Waals surface area contributed by atoms with E-state index in [2.05, 4.69) is 84.6 Å². The lowest BCUT2D eigenvalue weighted by Gasteiger charge is -2.75. The molecule has 9 saturated carbocycles. The summed E-state index contributed by atoms with van der Waals surface area (Å²) in [4.78, 5) is 52.5. The monoisotopic (exact) mass is 1170 g/mol. The first-order valence-corrected chi connectivity index (χ1v) is 34.5. The van der Waals surface area contributed by atoms with Crippen molar-refractivity contribution in [2.24, 2.45) is 116 Å². The lowest BCUT2D eigenvalue weighted by atomic mass is 9.27. The third-order valence-electron chi connectivity index (χ3n) is 31.1. The van der Waals surface area contributed by atoms with Gasteiger partial charge in [0.15, 0.2) is 17.5 Å². The van der Waals surface area contributed by atoms with Crippen molar-refractivity contribution in [2.75, 3.05) is 26.4 Å². The van der Waals surface area contributed by atoms with Crippen molar-refractivity contribution in [1.82, 2.24) is 10.2 Å². The predicted molar refractivity (Wildman–Crippen MR) is 311 cm³/mol. The van der Waals surface area contributed by atoms with E-state index in [4.69, 9.17) is 23.4 Å². The highest BCUT2D eigenvalue weighted by molar-refractivity contribution is 5.94. The molecule has 0 radical (unpaired) electrons. The maximum Gasteiger partial charge on any atom is 0.339 e. The molecule has 8 heterocycles. The molecule has 20 rings (SSSR count). The normalized spacial score (nSPS) is 54.8. The minimum atomic E-state index is -1.55. The summed E-state index contributed by atoms with van der Waals surface area (Å²) in [6.45, 7) is 6.02. The molecular formula is C73H86N2O11. The highest BCUT2D eigenvalue weighted by atomic mass is 16.7. The standard InChI is InChI=1S/C73H86N2O11/c1-65-24-20-47-30-46-21-25-67-23-6-9-44(67)17-19-51-50-32-66(2)71-45(16-13-43-35-82-55(56(43)71)31-49(54(77)34-76)41-14-18-48-42(29-41)22-26-75-37-74-33-53(48)75)15-12-40-11-10-39(27-38-7-4-3-5-8-38)28-52(40)70(73(66)62(84-73)64(81)85-71)58(50)68(59(65)57(78)61(70)79)36-83-63(80)60(69(46,51)67)72(47,68)86-65/h3-5,7-8,20,22,26,35,39-42,44-46,48-54,58-62,74,76-77,79H,6,9-11,13-14,16-19,21,23-25,27-34,36-37H2,1-2H3. The van der Waals surface area contributed by atoms with Crippen LogP contribution in [0.4, 0.5) is 0 Å². The van der Waals surface area contributed by atoms with Crippen LogP contribution in [0.3, 0.4) is 0 Å². The molecule has 28 atom stereocenters. The first-order valence-electron chi connectivity index (χ1n) is 34.5. The Morgan fingerprint density at radius 2 is 1.77 bits per heavy atom. The Labute approximate surface area is 504 Å². The number of hydrogen-bond donors (Lipinski definition) is 4. The van der Waals surface area contributed by atoms with E-state index in [1.807, 2.05) is 6.26 Å². The van der Waals surface area contributed by atoms with Gasteiger partial charge in [-0.25, -0.2) is 4.79 Å². The Bertz CT molecular complexity index is 3480. The Balaban J connectivity index is 0.848. The van der Waals surface area contributed by atoms with Gasteiger partial charge in [0.25, 0.3) is 0 Å². The molecule has 13 nitrogen and oxygen atoms in total. The van der Waals surface area contributed by atoms with Crippen LogP contribution in [0.25, 0.3) is 0 Å². The number of Topliss-reactive ketones (excluding diaryl/α,β-unsaturated/α-hetero) is 1. The number of fused-ring (bicyclic) bond motifs is 8. The Morgan fingerprint density at radius 3 is 2.64 bits per heavy atom. The van der Waals surface area contributed by atoms with Gasteiger partial charge in [-0.05, 0) is 221 Å². The lowest BCUT2D eigenvalue weighted by Crippen LogP contribution is -2.84. The van der Waals surface area contributed by atoms with Crippen LogP contribution in [0.2, 0.25) is 0 Å². The van der Waals surface area contributed by atoms with E-state index < -0.39 is 92.0 Å². The number of ketones is 1. The number of cyclic esters (lactones) is 1.